The van der Waals surface area contributed by atoms with Crippen LogP contribution in [-0.2, 0) is 14.3 Å². The van der Waals surface area contributed by atoms with Crippen LogP contribution in [0.3, 0.4) is 0 Å². The topological polar surface area (TPSA) is 66.8 Å². The van der Waals surface area contributed by atoms with Crippen molar-refractivity contribution in [3.05, 3.63) is 12.2 Å². The molecular weight excluding hydrogens is 210 g/mol. The molecule has 0 aliphatic rings. The standard InChI is InChI=1S/C8H15NO2.C3H6O2/c1-6(2)8(10)11-7(3)9(4)5;1-2-3(4)5/h7H,1H2,2-5H3;2H2,1H3,(H,4,5). The molecule has 0 aliphatic heterocycles. The van der Waals surface area contributed by atoms with E-state index < -0.39 is 5.97 Å². The van der Waals surface area contributed by atoms with Gasteiger partial charge in [-0.3, -0.25) is 9.69 Å². The predicted octanol–water partition coefficient (Wildman–Crippen LogP) is 1.49. The fourth-order valence-corrected chi connectivity index (χ4v) is 0.361. The van der Waals surface area contributed by atoms with Crippen LogP contribution in [0, 0.1) is 0 Å². The Morgan fingerprint density at radius 3 is 2.00 bits per heavy atom. The number of hydrogen-bond acceptors (Lipinski definition) is 4. The summed E-state index contributed by atoms with van der Waals surface area (Å²) in [5.74, 6) is -1.09. The lowest BCUT2D eigenvalue weighted by Crippen LogP contribution is -2.30. The molecular formula is C11H21NO4. The average molecular weight is 231 g/mol. The molecule has 0 aromatic heterocycles. The number of rotatable bonds is 4. The Bertz CT molecular complexity index is 248. The molecule has 5 heteroatoms. The first-order chi connectivity index (χ1) is 7.22. The molecule has 1 unspecified atom stereocenters. The summed E-state index contributed by atoms with van der Waals surface area (Å²) in [4.78, 5) is 22.1. The number of nitrogens with zero attached hydrogens (tertiary/aromatic N) is 1. The third kappa shape index (κ3) is 10.7. The number of carbonyl (C=O) groups is 2. The summed E-state index contributed by atoms with van der Waals surface area (Å²) in [5, 5.41) is 7.72. The Hall–Kier alpha value is -1.36. The molecule has 0 aromatic rings. The van der Waals surface area contributed by atoms with Gasteiger partial charge >= 0.3 is 11.9 Å². The number of esters is 1. The Kier molecular flexibility index (Phi) is 9.49. The molecule has 0 bridgehead atoms. The van der Waals surface area contributed by atoms with Crippen LogP contribution in [0.4, 0.5) is 0 Å². The smallest absolute Gasteiger partial charge is 0.334 e. The summed E-state index contributed by atoms with van der Waals surface area (Å²) in [6.07, 6.45) is 0.0270. The second-order valence-electron chi connectivity index (χ2n) is 3.50. The van der Waals surface area contributed by atoms with Gasteiger partial charge in [-0.05, 0) is 27.9 Å². The number of ether oxygens (including phenoxy) is 1. The minimum absolute atomic E-state index is 0.195. The lowest BCUT2D eigenvalue weighted by Gasteiger charge is -2.19. The highest BCUT2D eigenvalue weighted by atomic mass is 16.6. The summed E-state index contributed by atoms with van der Waals surface area (Å²) >= 11 is 0. The van der Waals surface area contributed by atoms with Gasteiger partial charge in [-0.15, -0.1) is 0 Å². The molecule has 0 saturated carbocycles. The van der Waals surface area contributed by atoms with Crippen molar-refractivity contribution in [3.8, 4) is 0 Å². The van der Waals surface area contributed by atoms with E-state index in [4.69, 9.17) is 9.84 Å². The van der Waals surface area contributed by atoms with Crippen molar-refractivity contribution in [3.63, 3.8) is 0 Å². The maximum absolute atomic E-state index is 10.9. The molecule has 0 saturated heterocycles. The first kappa shape index (κ1) is 17.0. The second-order valence-corrected chi connectivity index (χ2v) is 3.50. The van der Waals surface area contributed by atoms with Crippen LogP contribution in [0.15, 0.2) is 12.2 Å². The van der Waals surface area contributed by atoms with E-state index in [0.717, 1.165) is 0 Å². The molecule has 1 atom stereocenters. The van der Waals surface area contributed by atoms with E-state index in [1.165, 1.54) is 0 Å². The minimum atomic E-state index is -0.745. The van der Waals surface area contributed by atoms with Crippen LogP contribution in [0.1, 0.15) is 27.2 Å². The molecule has 0 fully saturated rings. The van der Waals surface area contributed by atoms with Crippen molar-refractivity contribution in [2.45, 2.75) is 33.4 Å². The molecule has 16 heavy (non-hydrogen) atoms. The van der Waals surface area contributed by atoms with Gasteiger partial charge in [-0.2, -0.15) is 0 Å². The molecule has 0 aromatic carbocycles. The lowest BCUT2D eigenvalue weighted by molar-refractivity contribution is -0.150. The van der Waals surface area contributed by atoms with Crippen molar-refractivity contribution in [2.75, 3.05) is 14.1 Å². The highest BCUT2D eigenvalue weighted by molar-refractivity contribution is 5.87. The molecule has 5 nitrogen and oxygen atoms in total. The van der Waals surface area contributed by atoms with Gasteiger partial charge in [0.15, 0.2) is 6.23 Å². The quantitative estimate of drug-likeness (QED) is 0.451. The zero-order valence-corrected chi connectivity index (χ0v) is 10.6. The van der Waals surface area contributed by atoms with Gasteiger partial charge in [-0.1, -0.05) is 13.5 Å². The first-order valence-corrected chi connectivity index (χ1v) is 4.97. The number of carbonyl (C=O) groups excluding carboxylic acids is 1. The van der Waals surface area contributed by atoms with Crippen LogP contribution >= 0.6 is 0 Å². The van der Waals surface area contributed by atoms with Crippen LogP contribution in [0.5, 0.6) is 0 Å². The van der Waals surface area contributed by atoms with Gasteiger partial charge in [-0.25, -0.2) is 4.79 Å². The van der Waals surface area contributed by atoms with Gasteiger partial charge < -0.3 is 9.84 Å². The number of carboxylic acids is 1. The second kappa shape index (κ2) is 8.91. The van der Waals surface area contributed by atoms with E-state index in [1.54, 1.807) is 25.7 Å². The maximum Gasteiger partial charge on any atom is 0.334 e. The van der Waals surface area contributed by atoms with Crippen LogP contribution in [-0.4, -0.2) is 42.3 Å². The van der Waals surface area contributed by atoms with E-state index in [0.29, 0.717) is 5.57 Å². The Balaban J connectivity index is 0. The van der Waals surface area contributed by atoms with Crippen LogP contribution < -0.4 is 0 Å². The molecule has 0 spiro atoms. The third-order valence-electron chi connectivity index (χ3n) is 1.66. The van der Waals surface area contributed by atoms with E-state index >= 15 is 0 Å². The Morgan fingerprint density at radius 1 is 1.44 bits per heavy atom. The van der Waals surface area contributed by atoms with Crippen molar-refractivity contribution < 1.29 is 19.4 Å². The van der Waals surface area contributed by atoms with Crippen LogP contribution in [0.25, 0.3) is 0 Å². The van der Waals surface area contributed by atoms with Crippen LogP contribution in [0.2, 0.25) is 0 Å². The highest BCUT2D eigenvalue weighted by Crippen LogP contribution is 1.99. The number of hydrogen-bond donors (Lipinski definition) is 1. The minimum Gasteiger partial charge on any atom is -0.481 e. The highest BCUT2D eigenvalue weighted by Gasteiger charge is 2.10. The fraction of sp³-hybridized carbons (Fsp3) is 0.636. The zero-order valence-electron chi connectivity index (χ0n) is 10.6. The molecule has 0 radical (unpaired) electrons. The van der Waals surface area contributed by atoms with E-state index in [2.05, 4.69) is 6.58 Å². The molecule has 0 aliphatic carbocycles. The van der Waals surface area contributed by atoms with E-state index in [-0.39, 0.29) is 18.6 Å². The van der Waals surface area contributed by atoms with Crippen molar-refractivity contribution >= 4 is 11.9 Å². The normalized spacial score (nSPS) is 11.1. The van der Waals surface area contributed by atoms with Gasteiger partial charge in [0.25, 0.3) is 0 Å². The molecule has 94 valence electrons. The summed E-state index contributed by atoms with van der Waals surface area (Å²) in [5.41, 5.74) is 0.429. The maximum atomic E-state index is 10.9. The lowest BCUT2D eigenvalue weighted by atomic mass is 10.4. The summed E-state index contributed by atoms with van der Waals surface area (Å²) in [6, 6.07) is 0. The SMILES string of the molecule is C=C(C)C(=O)OC(C)N(C)C.CCC(=O)O. The number of carboxylic acid groups (broad SMARTS) is 1. The van der Waals surface area contributed by atoms with Gasteiger partial charge in [0.2, 0.25) is 0 Å². The molecule has 0 heterocycles. The van der Waals surface area contributed by atoms with Gasteiger partial charge in [0.1, 0.15) is 0 Å². The Labute approximate surface area is 96.7 Å². The average Bonchev–Trinajstić information content (AvgIpc) is 2.18. The predicted molar refractivity (Wildman–Crippen MR) is 62.0 cm³/mol. The first-order valence-electron chi connectivity index (χ1n) is 4.97. The summed E-state index contributed by atoms with van der Waals surface area (Å²) in [6.45, 7) is 8.51. The molecule has 0 rings (SSSR count). The van der Waals surface area contributed by atoms with Gasteiger partial charge in [0.05, 0.1) is 0 Å². The van der Waals surface area contributed by atoms with Crippen molar-refractivity contribution in [2.24, 2.45) is 0 Å². The Morgan fingerprint density at radius 2 is 1.81 bits per heavy atom. The van der Waals surface area contributed by atoms with Crippen molar-refractivity contribution in [1.82, 2.24) is 4.90 Å². The number of aliphatic carboxylic acids is 1. The third-order valence-corrected chi connectivity index (χ3v) is 1.66. The molecule has 0 amide bonds. The largest absolute Gasteiger partial charge is 0.481 e. The monoisotopic (exact) mass is 231 g/mol. The summed E-state index contributed by atoms with van der Waals surface area (Å²) < 4.78 is 4.96. The summed E-state index contributed by atoms with van der Waals surface area (Å²) in [7, 11) is 3.69. The van der Waals surface area contributed by atoms with Gasteiger partial charge in [0, 0.05) is 12.0 Å². The molecule has 1 N–H and O–H groups in total. The fourth-order valence-electron chi connectivity index (χ4n) is 0.361. The zero-order chi connectivity index (χ0) is 13.3. The van der Waals surface area contributed by atoms with Crippen molar-refractivity contribution in [1.29, 1.82) is 0 Å². The van der Waals surface area contributed by atoms with E-state index in [9.17, 15) is 9.59 Å². The van der Waals surface area contributed by atoms with E-state index in [1.807, 2.05) is 14.1 Å².